The number of hydrogen-bond donors (Lipinski definition) is 1. The summed E-state index contributed by atoms with van der Waals surface area (Å²) in [5.41, 5.74) is 0. The van der Waals surface area contributed by atoms with Crippen LogP contribution in [0.15, 0.2) is 0 Å². The van der Waals surface area contributed by atoms with Gasteiger partial charge in [-0.05, 0) is 18.3 Å². The fraction of sp³-hybridized carbons (Fsp3) is 0.909. The second-order valence-electron chi connectivity index (χ2n) is 4.88. The monoisotopic (exact) mass is 211 g/mol. The molecule has 1 spiro atoms. The maximum atomic E-state index is 11.3. The van der Waals surface area contributed by atoms with E-state index in [9.17, 15) is 4.79 Å². The van der Waals surface area contributed by atoms with Crippen molar-refractivity contribution in [2.24, 2.45) is 11.8 Å². The van der Waals surface area contributed by atoms with Gasteiger partial charge in [0, 0.05) is 25.8 Å². The molecule has 4 heteroatoms. The van der Waals surface area contributed by atoms with Crippen molar-refractivity contribution < 1.29 is 14.3 Å². The van der Waals surface area contributed by atoms with Crippen molar-refractivity contribution in [1.82, 2.24) is 5.32 Å². The first-order valence-corrected chi connectivity index (χ1v) is 5.82. The normalized spacial score (nSPS) is 38.8. The van der Waals surface area contributed by atoms with Crippen molar-refractivity contribution in [1.29, 1.82) is 0 Å². The van der Waals surface area contributed by atoms with Gasteiger partial charge >= 0.3 is 0 Å². The molecule has 2 atom stereocenters. The van der Waals surface area contributed by atoms with E-state index in [1.54, 1.807) is 0 Å². The Kier molecular flexibility index (Phi) is 2.21. The number of hydrogen-bond acceptors (Lipinski definition) is 3. The zero-order chi connectivity index (χ0) is 10.3. The van der Waals surface area contributed by atoms with Gasteiger partial charge in [-0.25, -0.2) is 0 Å². The Balaban J connectivity index is 1.72. The maximum Gasteiger partial charge on any atom is 0.220 e. The van der Waals surface area contributed by atoms with Crippen molar-refractivity contribution >= 4 is 5.91 Å². The second-order valence-corrected chi connectivity index (χ2v) is 4.88. The SMILES string of the molecule is O=C1C[C@H]2CC3(CC[C@H]2CN1)OCCO3. The Morgan fingerprint density at radius 3 is 2.87 bits per heavy atom. The van der Waals surface area contributed by atoms with Gasteiger partial charge in [-0.3, -0.25) is 4.79 Å². The van der Waals surface area contributed by atoms with E-state index in [0.717, 1.165) is 25.8 Å². The Morgan fingerprint density at radius 2 is 2.07 bits per heavy atom. The Morgan fingerprint density at radius 1 is 1.27 bits per heavy atom. The van der Waals surface area contributed by atoms with Crippen molar-refractivity contribution in [2.75, 3.05) is 19.8 Å². The van der Waals surface area contributed by atoms with Crippen LogP contribution in [0.1, 0.15) is 25.7 Å². The summed E-state index contributed by atoms with van der Waals surface area (Å²) in [6.07, 6.45) is 3.67. The molecule has 0 bridgehead atoms. The Hall–Kier alpha value is -0.610. The van der Waals surface area contributed by atoms with Crippen LogP contribution in [-0.2, 0) is 14.3 Å². The Labute approximate surface area is 89.3 Å². The molecule has 2 aliphatic heterocycles. The molecule has 3 aliphatic rings. The first kappa shape index (κ1) is 9.60. The lowest BCUT2D eigenvalue weighted by Gasteiger charge is -2.43. The number of amides is 1. The summed E-state index contributed by atoms with van der Waals surface area (Å²) in [5, 5.41) is 2.94. The van der Waals surface area contributed by atoms with E-state index in [2.05, 4.69) is 5.32 Å². The molecule has 2 heterocycles. The number of fused-ring (bicyclic) bond motifs is 1. The van der Waals surface area contributed by atoms with Gasteiger partial charge in [0.05, 0.1) is 13.2 Å². The summed E-state index contributed by atoms with van der Waals surface area (Å²) >= 11 is 0. The van der Waals surface area contributed by atoms with E-state index in [-0.39, 0.29) is 11.7 Å². The zero-order valence-corrected chi connectivity index (χ0v) is 8.83. The number of piperidine rings is 1. The lowest BCUT2D eigenvalue weighted by atomic mass is 9.73. The molecule has 1 amide bonds. The molecule has 0 radical (unpaired) electrons. The fourth-order valence-electron chi connectivity index (χ4n) is 3.13. The maximum absolute atomic E-state index is 11.3. The minimum absolute atomic E-state index is 0.186. The molecular formula is C11H17NO3. The fourth-order valence-corrected chi connectivity index (χ4v) is 3.13. The summed E-state index contributed by atoms with van der Waals surface area (Å²) in [6.45, 7) is 2.27. The van der Waals surface area contributed by atoms with E-state index in [1.165, 1.54) is 0 Å². The van der Waals surface area contributed by atoms with Crippen molar-refractivity contribution in [2.45, 2.75) is 31.5 Å². The average Bonchev–Trinajstić information content (AvgIpc) is 2.66. The standard InChI is InChI=1S/C11H17NO3/c13-10-5-9-6-11(14-3-4-15-11)2-1-8(9)7-12-10/h8-9H,1-7H2,(H,12,13)/t8-,9-/m0/s1. The lowest BCUT2D eigenvalue weighted by Crippen LogP contribution is -2.48. The third kappa shape index (κ3) is 1.66. The van der Waals surface area contributed by atoms with E-state index in [0.29, 0.717) is 31.5 Å². The van der Waals surface area contributed by atoms with Crippen molar-refractivity contribution in [3.8, 4) is 0 Å². The summed E-state index contributed by atoms with van der Waals surface area (Å²) in [4.78, 5) is 11.3. The highest BCUT2D eigenvalue weighted by Crippen LogP contribution is 2.43. The molecule has 2 saturated heterocycles. The predicted molar refractivity (Wildman–Crippen MR) is 53.1 cm³/mol. The van der Waals surface area contributed by atoms with Crippen LogP contribution < -0.4 is 5.32 Å². The van der Waals surface area contributed by atoms with Crippen molar-refractivity contribution in [3.63, 3.8) is 0 Å². The van der Waals surface area contributed by atoms with Gasteiger partial charge in [-0.15, -0.1) is 0 Å². The van der Waals surface area contributed by atoms with Crippen LogP contribution >= 0.6 is 0 Å². The highest BCUT2D eigenvalue weighted by atomic mass is 16.7. The molecule has 15 heavy (non-hydrogen) atoms. The Bertz CT molecular complexity index is 273. The van der Waals surface area contributed by atoms with E-state index >= 15 is 0 Å². The van der Waals surface area contributed by atoms with Crippen LogP contribution in [0.5, 0.6) is 0 Å². The molecule has 0 aromatic rings. The second kappa shape index (κ2) is 3.46. The summed E-state index contributed by atoms with van der Waals surface area (Å²) in [7, 11) is 0. The minimum Gasteiger partial charge on any atom is -0.356 e. The van der Waals surface area contributed by atoms with Gasteiger partial charge in [-0.1, -0.05) is 0 Å². The number of nitrogens with one attached hydrogen (secondary N) is 1. The lowest BCUT2D eigenvalue weighted by molar-refractivity contribution is -0.197. The third-order valence-electron chi connectivity index (χ3n) is 3.96. The van der Waals surface area contributed by atoms with Crippen molar-refractivity contribution in [3.05, 3.63) is 0 Å². The predicted octanol–water partition coefficient (Wildman–Crippen LogP) is 0.666. The molecule has 4 nitrogen and oxygen atoms in total. The summed E-state index contributed by atoms with van der Waals surface area (Å²) in [5.74, 6) is 0.955. The number of rotatable bonds is 0. The molecule has 0 aromatic heterocycles. The molecule has 3 fully saturated rings. The zero-order valence-electron chi connectivity index (χ0n) is 8.83. The molecule has 3 rings (SSSR count). The quantitative estimate of drug-likeness (QED) is 0.640. The minimum atomic E-state index is -0.335. The molecule has 1 aliphatic carbocycles. The van der Waals surface area contributed by atoms with Gasteiger partial charge < -0.3 is 14.8 Å². The van der Waals surface area contributed by atoms with Gasteiger partial charge in [0.15, 0.2) is 5.79 Å². The molecule has 0 aromatic carbocycles. The largest absolute Gasteiger partial charge is 0.356 e. The number of ether oxygens (including phenoxy) is 2. The molecule has 1 saturated carbocycles. The van der Waals surface area contributed by atoms with Gasteiger partial charge in [0.25, 0.3) is 0 Å². The smallest absolute Gasteiger partial charge is 0.220 e. The topological polar surface area (TPSA) is 47.6 Å². The van der Waals surface area contributed by atoms with Crippen LogP contribution in [0.25, 0.3) is 0 Å². The molecule has 84 valence electrons. The molecule has 1 N–H and O–H groups in total. The van der Waals surface area contributed by atoms with E-state index in [4.69, 9.17) is 9.47 Å². The average molecular weight is 211 g/mol. The first-order chi connectivity index (χ1) is 7.27. The third-order valence-corrected chi connectivity index (χ3v) is 3.96. The van der Waals surface area contributed by atoms with E-state index < -0.39 is 0 Å². The van der Waals surface area contributed by atoms with Crippen LogP contribution in [-0.4, -0.2) is 31.5 Å². The summed E-state index contributed by atoms with van der Waals surface area (Å²) < 4.78 is 11.4. The van der Waals surface area contributed by atoms with Crippen LogP contribution in [0.4, 0.5) is 0 Å². The highest BCUT2D eigenvalue weighted by molar-refractivity contribution is 5.77. The van der Waals surface area contributed by atoms with Crippen LogP contribution in [0.3, 0.4) is 0 Å². The number of carbonyl (C=O) groups excluding carboxylic acids is 1. The number of carbonyl (C=O) groups is 1. The van der Waals surface area contributed by atoms with Crippen LogP contribution in [0.2, 0.25) is 0 Å². The van der Waals surface area contributed by atoms with Gasteiger partial charge in [0.1, 0.15) is 0 Å². The van der Waals surface area contributed by atoms with Crippen LogP contribution in [0, 0.1) is 11.8 Å². The first-order valence-electron chi connectivity index (χ1n) is 5.82. The van der Waals surface area contributed by atoms with Gasteiger partial charge in [-0.2, -0.15) is 0 Å². The highest BCUT2D eigenvalue weighted by Gasteiger charge is 2.46. The van der Waals surface area contributed by atoms with Gasteiger partial charge in [0.2, 0.25) is 5.91 Å². The molecule has 0 unspecified atom stereocenters. The summed E-state index contributed by atoms with van der Waals surface area (Å²) in [6, 6.07) is 0. The molecular weight excluding hydrogens is 194 g/mol. The van der Waals surface area contributed by atoms with E-state index in [1.807, 2.05) is 0 Å².